The van der Waals surface area contributed by atoms with E-state index in [-0.39, 0.29) is 0 Å². The van der Waals surface area contributed by atoms with Crippen LogP contribution in [0.4, 0.5) is 5.69 Å². The molecular formula is C8H10BrN3S. The van der Waals surface area contributed by atoms with Gasteiger partial charge in [0.2, 0.25) is 0 Å². The summed E-state index contributed by atoms with van der Waals surface area (Å²) in [5, 5.41) is 6.62. The fourth-order valence-corrected chi connectivity index (χ4v) is 1.44. The van der Waals surface area contributed by atoms with Crippen molar-refractivity contribution in [2.24, 2.45) is 0 Å². The normalized spacial score (nSPS) is 9.38. The second-order valence-electron chi connectivity index (χ2n) is 2.38. The molecule has 0 fully saturated rings. The van der Waals surface area contributed by atoms with Crippen molar-refractivity contribution in [3.05, 3.63) is 22.9 Å². The van der Waals surface area contributed by atoms with Crippen molar-refractivity contribution < 1.29 is 0 Å². The molecule has 13 heavy (non-hydrogen) atoms. The molecule has 0 aliphatic rings. The summed E-state index contributed by atoms with van der Waals surface area (Å²) in [7, 11) is 0. The SMILES string of the molecule is CCNC(=S)Nc1cncc(Br)c1. The van der Waals surface area contributed by atoms with Crippen LogP contribution in [0, 0.1) is 0 Å². The molecule has 0 atom stereocenters. The highest BCUT2D eigenvalue weighted by Gasteiger charge is 1.96. The number of halogens is 1. The molecule has 70 valence electrons. The predicted molar refractivity (Wildman–Crippen MR) is 61.8 cm³/mol. The highest BCUT2D eigenvalue weighted by Crippen LogP contribution is 2.13. The third-order valence-corrected chi connectivity index (χ3v) is 1.98. The number of hydrogen-bond acceptors (Lipinski definition) is 2. The number of anilines is 1. The van der Waals surface area contributed by atoms with E-state index in [1.165, 1.54) is 0 Å². The molecule has 0 spiro atoms. The van der Waals surface area contributed by atoms with E-state index in [0.29, 0.717) is 5.11 Å². The zero-order valence-corrected chi connectivity index (χ0v) is 9.58. The maximum absolute atomic E-state index is 5.01. The van der Waals surface area contributed by atoms with Crippen molar-refractivity contribution in [1.82, 2.24) is 10.3 Å². The van der Waals surface area contributed by atoms with Gasteiger partial charge in [0.15, 0.2) is 5.11 Å². The van der Waals surface area contributed by atoms with Crippen LogP contribution in [0.15, 0.2) is 22.9 Å². The first-order valence-electron chi connectivity index (χ1n) is 3.87. The van der Waals surface area contributed by atoms with E-state index in [1.54, 1.807) is 12.4 Å². The number of aromatic nitrogens is 1. The van der Waals surface area contributed by atoms with Gasteiger partial charge in [-0.2, -0.15) is 0 Å². The lowest BCUT2D eigenvalue weighted by Gasteiger charge is -2.07. The Kier molecular flexibility index (Phi) is 4.11. The van der Waals surface area contributed by atoms with E-state index in [2.05, 4.69) is 31.5 Å². The van der Waals surface area contributed by atoms with Gasteiger partial charge >= 0.3 is 0 Å². The molecule has 0 aliphatic carbocycles. The van der Waals surface area contributed by atoms with Gasteiger partial charge in [-0.3, -0.25) is 4.98 Å². The lowest BCUT2D eigenvalue weighted by molar-refractivity contribution is 0.979. The summed E-state index contributed by atoms with van der Waals surface area (Å²) in [4.78, 5) is 4.00. The Morgan fingerprint density at radius 1 is 1.62 bits per heavy atom. The number of hydrogen-bond donors (Lipinski definition) is 2. The van der Waals surface area contributed by atoms with Crippen LogP contribution in [0.1, 0.15) is 6.92 Å². The number of rotatable bonds is 2. The van der Waals surface area contributed by atoms with Crippen molar-refractivity contribution in [3.63, 3.8) is 0 Å². The largest absolute Gasteiger partial charge is 0.363 e. The molecule has 1 aromatic heterocycles. The lowest BCUT2D eigenvalue weighted by atomic mass is 10.4. The van der Waals surface area contributed by atoms with Gasteiger partial charge in [0.1, 0.15) is 0 Å². The zero-order valence-electron chi connectivity index (χ0n) is 7.17. The highest BCUT2D eigenvalue weighted by atomic mass is 79.9. The quantitative estimate of drug-likeness (QED) is 0.799. The lowest BCUT2D eigenvalue weighted by Crippen LogP contribution is -2.27. The molecule has 5 heteroatoms. The minimum absolute atomic E-state index is 0.613. The monoisotopic (exact) mass is 259 g/mol. The van der Waals surface area contributed by atoms with Gasteiger partial charge in [-0.05, 0) is 41.1 Å². The predicted octanol–water partition coefficient (Wildman–Crippen LogP) is 2.15. The van der Waals surface area contributed by atoms with Gasteiger partial charge in [0.25, 0.3) is 0 Å². The van der Waals surface area contributed by atoms with Crippen molar-refractivity contribution >= 4 is 38.9 Å². The van der Waals surface area contributed by atoms with Gasteiger partial charge in [0, 0.05) is 17.2 Å². The molecule has 1 aromatic rings. The minimum atomic E-state index is 0.613. The van der Waals surface area contributed by atoms with Gasteiger partial charge in [-0.1, -0.05) is 0 Å². The molecule has 0 aliphatic heterocycles. The van der Waals surface area contributed by atoms with Crippen LogP contribution >= 0.6 is 28.1 Å². The third kappa shape index (κ3) is 3.69. The average Bonchev–Trinajstić information content (AvgIpc) is 2.04. The molecule has 1 heterocycles. The van der Waals surface area contributed by atoms with E-state index >= 15 is 0 Å². The molecule has 0 saturated heterocycles. The van der Waals surface area contributed by atoms with Crippen LogP contribution in [-0.4, -0.2) is 16.6 Å². The molecule has 0 aromatic carbocycles. The molecular weight excluding hydrogens is 250 g/mol. The number of pyridine rings is 1. The van der Waals surface area contributed by atoms with E-state index in [1.807, 2.05) is 13.0 Å². The van der Waals surface area contributed by atoms with E-state index in [0.717, 1.165) is 16.7 Å². The summed E-state index contributed by atoms with van der Waals surface area (Å²) in [6.07, 6.45) is 3.44. The fraction of sp³-hybridized carbons (Fsp3) is 0.250. The van der Waals surface area contributed by atoms with Crippen LogP contribution in [0.5, 0.6) is 0 Å². The maximum Gasteiger partial charge on any atom is 0.170 e. The number of nitrogens with one attached hydrogen (secondary N) is 2. The molecule has 1 rings (SSSR count). The van der Waals surface area contributed by atoms with Crippen LogP contribution in [-0.2, 0) is 0 Å². The Bertz CT molecular complexity index is 303. The minimum Gasteiger partial charge on any atom is -0.363 e. The Balaban J connectivity index is 2.58. The Hall–Kier alpha value is -0.680. The number of thiocarbonyl (C=S) groups is 1. The van der Waals surface area contributed by atoms with Gasteiger partial charge in [-0.15, -0.1) is 0 Å². The molecule has 0 saturated carbocycles. The number of nitrogens with zero attached hydrogens (tertiary/aromatic N) is 1. The topological polar surface area (TPSA) is 37.0 Å². The molecule has 0 amide bonds. The van der Waals surface area contributed by atoms with Crippen LogP contribution in [0.3, 0.4) is 0 Å². The van der Waals surface area contributed by atoms with Crippen LogP contribution in [0.2, 0.25) is 0 Å². The summed E-state index contributed by atoms with van der Waals surface area (Å²) in [6.45, 7) is 2.81. The van der Waals surface area contributed by atoms with Gasteiger partial charge in [-0.25, -0.2) is 0 Å². The summed E-state index contributed by atoms with van der Waals surface area (Å²) >= 11 is 8.34. The second kappa shape index (κ2) is 5.14. The van der Waals surface area contributed by atoms with Crippen LogP contribution < -0.4 is 10.6 Å². The molecule has 2 N–H and O–H groups in total. The highest BCUT2D eigenvalue weighted by molar-refractivity contribution is 9.10. The molecule has 3 nitrogen and oxygen atoms in total. The fourth-order valence-electron chi connectivity index (χ4n) is 0.816. The van der Waals surface area contributed by atoms with E-state index in [4.69, 9.17) is 12.2 Å². The first kappa shape index (κ1) is 10.4. The summed E-state index contributed by atoms with van der Waals surface area (Å²) in [5.74, 6) is 0. The molecule has 0 bridgehead atoms. The zero-order chi connectivity index (χ0) is 9.68. The van der Waals surface area contributed by atoms with E-state index < -0.39 is 0 Å². The standard InChI is InChI=1S/C8H10BrN3S/c1-2-11-8(13)12-7-3-6(9)4-10-5-7/h3-5H,2H2,1H3,(H2,11,12,13). The Morgan fingerprint density at radius 3 is 3.00 bits per heavy atom. The summed E-state index contributed by atoms with van der Waals surface area (Å²) < 4.78 is 0.928. The summed E-state index contributed by atoms with van der Waals surface area (Å²) in [6, 6.07) is 1.91. The van der Waals surface area contributed by atoms with Crippen LogP contribution in [0.25, 0.3) is 0 Å². The Labute approximate surface area is 91.1 Å². The third-order valence-electron chi connectivity index (χ3n) is 1.30. The van der Waals surface area contributed by atoms with Crippen molar-refractivity contribution in [2.75, 3.05) is 11.9 Å². The van der Waals surface area contributed by atoms with Crippen molar-refractivity contribution in [3.8, 4) is 0 Å². The van der Waals surface area contributed by atoms with E-state index in [9.17, 15) is 0 Å². The van der Waals surface area contributed by atoms with Gasteiger partial charge in [0.05, 0.1) is 11.9 Å². The maximum atomic E-state index is 5.01. The smallest absolute Gasteiger partial charge is 0.170 e. The van der Waals surface area contributed by atoms with Gasteiger partial charge < -0.3 is 10.6 Å². The first-order chi connectivity index (χ1) is 6.22. The van der Waals surface area contributed by atoms with Crippen molar-refractivity contribution in [1.29, 1.82) is 0 Å². The average molecular weight is 260 g/mol. The molecule has 0 unspecified atom stereocenters. The second-order valence-corrected chi connectivity index (χ2v) is 3.70. The Morgan fingerprint density at radius 2 is 2.38 bits per heavy atom. The molecule has 0 radical (unpaired) electrons. The van der Waals surface area contributed by atoms with Crippen molar-refractivity contribution in [2.45, 2.75) is 6.92 Å². The first-order valence-corrected chi connectivity index (χ1v) is 5.08. The summed E-state index contributed by atoms with van der Waals surface area (Å²) in [5.41, 5.74) is 0.875.